The Morgan fingerprint density at radius 3 is 1.97 bits per heavy atom. The molecule has 0 heterocycles. The molecule has 184 valence electrons. The maximum atomic E-state index is 13.0. The number of hydrogen-bond acceptors (Lipinski definition) is 6. The van der Waals surface area contributed by atoms with Gasteiger partial charge in [0.05, 0.1) is 7.11 Å². The van der Waals surface area contributed by atoms with E-state index in [2.05, 4.69) is 5.32 Å². The maximum absolute atomic E-state index is 13.0. The summed E-state index contributed by atoms with van der Waals surface area (Å²) in [5, 5.41) is 2.77. The van der Waals surface area contributed by atoms with Gasteiger partial charge in [0.1, 0.15) is 11.5 Å². The first-order valence-corrected chi connectivity index (χ1v) is 13.7. The van der Waals surface area contributed by atoms with Gasteiger partial charge in [0, 0.05) is 6.42 Å². The molecule has 2 fully saturated rings. The topological polar surface area (TPSA) is 90.9 Å². The van der Waals surface area contributed by atoms with E-state index in [0.29, 0.717) is 24.7 Å². The molecular formula is C24H43NO6P+. The van der Waals surface area contributed by atoms with Crippen molar-refractivity contribution in [3.8, 4) is 0 Å². The fourth-order valence-electron chi connectivity index (χ4n) is 4.89. The molecule has 2 rings (SSSR count). The van der Waals surface area contributed by atoms with Crippen molar-refractivity contribution >= 4 is 20.1 Å². The molecule has 2 aliphatic rings. The quantitative estimate of drug-likeness (QED) is 0.227. The third kappa shape index (κ3) is 10.6. The zero-order valence-electron chi connectivity index (χ0n) is 20.4. The van der Waals surface area contributed by atoms with Crippen molar-refractivity contribution < 1.29 is 28.2 Å². The molecule has 2 saturated carbocycles. The SMILES string of the molecule is COC(=O)C(CC1CCCCC1)C[P+](=O)OC(CC1CCCCC1)NC(=O)OC(C)(C)C. The first-order valence-electron chi connectivity index (χ1n) is 12.3. The van der Waals surface area contributed by atoms with Crippen molar-refractivity contribution in [2.24, 2.45) is 17.8 Å². The Bertz CT molecular complexity index is 608. The highest BCUT2D eigenvalue weighted by molar-refractivity contribution is 7.39. The minimum Gasteiger partial charge on any atom is -0.469 e. The molecule has 1 N–H and O–H groups in total. The van der Waals surface area contributed by atoms with Crippen LogP contribution >= 0.6 is 8.03 Å². The normalized spacial score (nSPS) is 20.8. The second-order valence-electron chi connectivity index (χ2n) is 10.5. The van der Waals surface area contributed by atoms with Crippen LogP contribution in [-0.4, -0.2) is 37.2 Å². The van der Waals surface area contributed by atoms with Gasteiger partial charge in [-0.05, 0) is 43.6 Å². The number of rotatable bonds is 10. The van der Waals surface area contributed by atoms with Gasteiger partial charge in [-0.1, -0.05) is 64.2 Å². The number of alkyl carbamates (subject to hydrolysis) is 1. The maximum Gasteiger partial charge on any atom is 0.511 e. The number of amides is 1. The fourth-order valence-corrected chi connectivity index (χ4v) is 6.06. The molecule has 2 aliphatic carbocycles. The largest absolute Gasteiger partial charge is 0.511 e. The Hall–Kier alpha value is -1.20. The van der Waals surface area contributed by atoms with Crippen LogP contribution < -0.4 is 5.32 Å². The monoisotopic (exact) mass is 472 g/mol. The average Bonchev–Trinajstić information content (AvgIpc) is 2.72. The van der Waals surface area contributed by atoms with E-state index in [9.17, 15) is 14.2 Å². The van der Waals surface area contributed by atoms with Crippen LogP contribution in [0.1, 0.15) is 97.8 Å². The van der Waals surface area contributed by atoms with Gasteiger partial charge in [0.2, 0.25) is 0 Å². The number of carbonyl (C=O) groups excluding carboxylic acids is 2. The average molecular weight is 473 g/mol. The Balaban J connectivity index is 1.97. The molecule has 3 unspecified atom stereocenters. The molecule has 0 aromatic rings. The van der Waals surface area contributed by atoms with E-state index in [4.69, 9.17) is 14.0 Å². The van der Waals surface area contributed by atoms with Crippen molar-refractivity contribution in [1.29, 1.82) is 0 Å². The summed E-state index contributed by atoms with van der Waals surface area (Å²) in [5.74, 6) is 0.120. The highest BCUT2D eigenvalue weighted by atomic mass is 31.1. The van der Waals surface area contributed by atoms with Crippen LogP contribution in [0, 0.1) is 17.8 Å². The van der Waals surface area contributed by atoms with E-state index in [1.807, 2.05) is 0 Å². The number of carbonyl (C=O) groups is 2. The van der Waals surface area contributed by atoms with Gasteiger partial charge in [-0.25, -0.2) is 4.79 Å². The second-order valence-corrected chi connectivity index (χ2v) is 11.7. The molecule has 0 aromatic carbocycles. The van der Waals surface area contributed by atoms with Crippen LogP contribution in [0.5, 0.6) is 0 Å². The van der Waals surface area contributed by atoms with E-state index in [0.717, 1.165) is 25.7 Å². The Labute approximate surface area is 194 Å². The molecule has 1 amide bonds. The van der Waals surface area contributed by atoms with Gasteiger partial charge in [-0.15, -0.1) is 4.52 Å². The van der Waals surface area contributed by atoms with E-state index in [1.165, 1.54) is 45.6 Å². The zero-order chi connectivity index (χ0) is 23.6. The summed E-state index contributed by atoms with van der Waals surface area (Å²) in [4.78, 5) is 24.7. The van der Waals surface area contributed by atoms with Crippen LogP contribution in [0.25, 0.3) is 0 Å². The highest BCUT2D eigenvalue weighted by Gasteiger charge is 2.37. The van der Waals surface area contributed by atoms with Crippen LogP contribution in [0.3, 0.4) is 0 Å². The standard InChI is InChI=1S/C24H42NO6P/c1-24(2,3)30-23(27)25-21(16-19-13-9-6-10-14-19)31-32(28)17-20(22(26)29-4)15-18-11-7-5-8-12-18/h18-21H,5-17H2,1-4H3/p+1. The lowest BCUT2D eigenvalue weighted by atomic mass is 9.83. The number of esters is 1. The number of hydrogen-bond donors (Lipinski definition) is 1. The number of ether oxygens (including phenoxy) is 2. The third-order valence-corrected chi connectivity index (χ3v) is 7.67. The summed E-state index contributed by atoms with van der Waals surface area (Å²) in [7, 11) is -0.761. The lowest BCUT2D eigenvalue weighted by Crippen LogP contribution is -2.41. The third-order valence-electron chi connectivity index (χ3n) is 6.44. The molecule has 8 heteroatoms. The molecule has 0 aromatic heterocycles. The van der Waals surface area contributed by atoms with E-state index in [1.54, 1.807) is 20.8 Å². The molecule has 32 heavy (non-hydrogen) atoms. The second kappa shape index (κ2) is 13.5. The summed E-state index contributed by atoms with van der Waals surface area (Å²) >= 11 is 0. The van der Waals surface area contributed by atoms with Crippen LogP contribution in [-0.2, 0) is 23.4 Å². The van der Waals surface area contributed by atoms with Gasteiger partial charge in [0.15, 0.2) is 12.4 Å². The predicted molar refractivity (Wildman–Crippen MR) is 125 cm³/mol. The molecule has 0 radical (unpaired) electrons. The molecule has 0 bridgehead atoms. The van der Waals surface area contributed by atoms with Gasteiger partial charge in [-0.2, -0.15) is 0 Å². The molecular weight excluding hydrogens is 429 g/mol. The summed E-state index contributed by atoms with van der Waals surface area (Å²) in [6.45, 7) is 5.41. The molecule has 0 spiro atoms. The van der Waals surface area contributed by atoms with Crippen molar-refractivity contribution in [2.75, 3.05) is 13.3 Å². The van der Waals surface area contributed by atoms with Crippen LogP contribution in [0.15, 0.2) is 0 Å². The Morgan fingerprint density at radius 2 is 1.47 bits per heavy atom. The van der Waals surface area contributed by atoms with Crippen molar-refractivity contribution in [3.63, 3.8) is 0 Å². The predicted octanol–water partition coefficient (Wildman–Crippen LogP) is 6.33. The summed E-state index contributed by atoms with van der Waals surface area (Å²) in [6, 6.07) is 0. The fraction of sp³-hybridized carbons (Fsp3) is 0.917. The highest BCUT2D eigenvalue weighted by Crippen LogP contribution is 2.36. The Morgan fingerprint density at radius 1 is 0.938 bits per heavy atom. The van der Waals surface area contributed by atoms with E-state index < -0.39 is 31.9 Å². The lowest BCUT2D eigenvalue weighted by molar-refractivity contribution is -0.145. The molecule has 7 nitrogen and oxygen atoms in total. The first kappa shape index (κ1) is 27.0. The van der Waals surface area contributed by atoms with Crippen molar-refractivity contribution in [1.82, 2.24) is 5.32 Å². The minimum atomic E-state index is -2.14. The zero-order valence-corrected chi connectivity index (χ0v) is 21.3. The molecule has 3 atom stereocenters. The summed E-state index contributed by atoms with van der Waals surface area (Å²) in [5.41, 5.74) is -0.627. The Kier molecular flexibility index (Phi) is 11.4. The van der Waals surface area contributed by atoms with Gasteiger partial charge in [-0.3, -0.25) is 10.1 Å². The van der Waals surface area contributed by atoms with Gasteiger partial charge >= 0.3 is 20.1 Å². The molecule has 0 saturated heterocycles. The van der Waals surface area contributed by atoms with Crippen LogP contribution in [0.2, 0.25) is 0 Å². The lowest BCUT2D eigenvalue weighted by Gasteiger charge is -2.26. The van der Waals surface area contributed by atoms with Crippen molar-refractivity contribution in [3.05, 3.63) is 0 Å². The van der Waals surface area contributed by atoms with Crippen molar-refractivity contribution in [2.45, 2.75) is 110 Å². The first-order chi connectivity index (χ1) is 15.2. The summed E-state index contributed by atoms with van der Waals surface area (Å²) < 4.78 is 29.2. The smallest absolute Gasteiger partial charge is 0.469 e. The van der Waals surface area contributed by atoms with E-state index in [-0.39, 0.29) is 12.1 Å². The number of methoxy groups -OCH3 is 1. The molecule has 0 aliphatic heterocycles. The minimum absolute atomic E-state index is 0.121. The summed E-state index contributed by atoms with van der Waals surface area (Å²) in [6.07, 6.45) is 11.7. The van der Waals surface area contributed by atoms with E-state index >= 15 is 0 Å². The van der Waals surface area contributed by atoms with Crippen LogP contribution in [0.4, 0.5) is 4.79 Å². The van der Waals surface area contributed by atoms with Gasteiger partial charge < -0.3 is 9.47 Å². The number of nitrogens with one attached hydrogen (secondary N) is 1. The van der Waals surface area contributed by atoms with Gasteiger partial charge in [0.25, 0.3) is 0 Å².